The average molecular weight is 243 g/mol. The fourth-order valence-electron chi connectivity index (χ4n) is 0.982. The van der Waals surface area contributed by atoms with E-state index in [-0.39, 0.29) is 18.6 Å². The Hall–Kier alpha value is -1.13. The molecule has 0 aliphatic rings. The van der Waals surface area contributed by atoms with E-state index >= 15 is 0 Å². The van der Waals surface area contributed by atoms with Crippen molar-refractivity contribution in [3.05, 3.63) is 23.4 Å². The number of anilines is 1. The molecule has 0 aliphatic heterocycles. The number of ether oxygens (including phenoxy) is 1. The second kappa shape index (κ2) is 6.45. The summed E-state index contributed by atoms with van der Waals surface area (Å²) in [7, 11) is 0. The zero-order valence-corrected chi connectivity index (χ0v) is 10.1. The molecule has 16 heavy (non-hydrogen) atoms. The van der Waals surface area contributed by atoms with Crippen LogP contribution in [0.3, 0.4) is 0 Å². The van der Waals surface area contributed by atoms with Gasteiger partial charge in [0.25, 0.3) is 5.91 Å². The number of carbonyl (C=O) groups excluding carboxylic acids is 1. The Morgan fingerprint density at radius 1 is 1.69 bits per heavy atom. The number of nitrogens with zero attached hydrogens (tertiary/aromatic N) is 1. The van der Waals surface area contributed by atoms with Crippen LogP contribution in [0.5, 0.6) is 0 Å². The summed E-state index contributed by atoms with van der Waals surface area (Å²) in [6.07, 6.45) is 2.51. The van der Waals surface area contributed by atoms with Gasteiger partial charge in [0.15, 0.2) is 5.82 Å². The van der Waals surface area contributed by atoms with E-state index in [0.29, 0.717) is 10.8 Å². The second-order valence-electron chi connectivity index (χ2n) is 3.41. The Kier molecular flexibility index (Phi) is 5.22. The van der Waals surface area contributed by atoms with Crippen molar-refractivity contribution in [3.63, 3.8) is 0 Å². The lowest BCUT2D eigenvalue weighted by Crippen LogP contribution is -2.22. The van der Waals surface area contributed by atoms with Crippen molar-refractivity contribution in [2.45, 2.75) is 26.4 Å². The van der Waals surface area contributed by atoms with Gasteiger partial charge in [-0.05, 0) is 25.5 Å². The van der Waals surface area contributed by atoms with Crippen molar-refractivity contribution in [2.24, 2.45) is 0 Å². The highest BCUT2D eigenvalue weighted by Crippen LogP contribution is 2.16. The fourth-order valence-corrected chi connectivity index (χ4v) is 1.15. The summed E-state index contributed by atoms with van der Waals surface area (Å²) in [4.78, 5) is 15.4. The minimum atomic E-state index is -0.249. The number of rotatable bonds is 5. The molecule has 0 aliphatic carbocycles. The topological polar surface area (TPSA) is 51.2 Å². The van der Waals surface area contributed by atoms with Crippen molar-refractivity contribution in [1.29, 1.82) is 0 Å². The Morgan fingerprint density at radius 2 is 2.44 bits per heavy atom. The highest BCUT2D eigenvalue weighted by atomic mass is 35.5. The maximum absolute atomic E-state index is 11.5. The van der Waals surface area contributed by atoms with Crippen LogP contribution < -0.4 is 5.32 Å². The van der Waals surface area contributed by atoms with Gasteiger partial charge in [-0.1, -0.05) is 18.5 Å². The van der Waals surface area contributed by atoms with Crippen LogP contribution >= 0.6 is 11.6 Å². The third-order valence-corrected chi connectivity index (χ3v) is 2.40. The van der Waals surface area contributed by atoms with Crippen molar-refractivity contribution in [1.82, 2.24) is 4.98 Å². The molecular weight excluding hydrogens is 228 g/mol. The molecule has 0 unspecified atom stereocenters. The Morgan fingerprint density at radius 3 is 3.06 bits per heavy atom. The first kappa shape index (κ1) is 12.9. The largest absolute Gasteiger partial charge is 0.369 e. The van der Waals surface area contributed by atoms with Gasteiger partial charge in [0.2, 0.25) is 0 Å². The van der Waals surface area contributed by atoms with Crippen LogP contribution in [0.25, 0.3) is 0 Å². The molecule has 1 rings (SSSR count). The molecule has 1 aromatic heterocycles. The van der Waals surface area contributed by atoms with Crippen molar-refractivity contribution >= 4 is 23.3 Å². The molecule has 0 aromatic carbocycles. The smallest absolute Gasteiger partial charge is 0.251 e. The van der Waals surface area contributed by atoms with Crippen LogP contribution in [-0.4, -0.2) is 23.6 Å². The van der Waals surface area contributed by atoms with Crippen molar-refractivity contribution < 1.29 is 9.53 Å². The predicted octanol–water partition coefficient (Wildman–Crippen LogP) is 2.49. The van der Waals surface area contributed by atoms with Crippen LogP contribution in [0, 0.1) is 0 Å². The van der Waals surface area contributed by atoms with Gasteiger partial charge in [-0.15, -0.1) is 0 Å². The highest BCUT2D eigenvalue weighted by Gasteiger charge is 2.08. The molecule has 0 spiro atoms. The number of nitrogens with one attached hydrogen (secondary N) is 1. The van der Waals surface area contributed by atoms with Crippen LogP contribution in [0.1, 0.15) is 20.3 Å². The normalized spacial score (nSPS) is 12.2. The van der Waals surface area contributed by atoms with Crippen LogP contribution in [0.15, 0.2) is 18.3 Å². The van der Waals surface area contributed by atoms with Gasteiger partial charge in [0.1, 0.15) is 6.61 Å². The molecule has 0 fully saturated rings. The lowest BCUT2D eigenvalue weighted by molar-refractivity contribution is -0.122. The van der Waals surface area contributed by atoms with Gasteiger partial charge in [-0.25, -0.2) is 4.98 Å². The van der Waals surface area contributed by atoms with Gasteiger partial charge in [0.05, 0.1) is 11.1 Å². The zero-order valence-electron chi connectivity index (χ0n) is 9.37. The van der Waals surface area contributed by atoms with Gasteiger partial charge in [-0.2, -0.15) is 0 Å². The van der Waals surface area contributed by atoms with Crippen LogP contribution in [0.4, 0.5) is 5.82 Å². The van der Waals surface area contributed by atoms with E-state index in [2.05, 4.69) is 10.3 Å². The summed E-state index contributed by atoms with van der Waals surface area (Å²) in [5.74, 6) is 0.114. The maximum atomic E-state index is 11.5. The zero-order chi connectivity index (χ0) is 12.0. The molecule has 0 radical (unpaired) electrons. The van der Waals surface area contributed by atoms with E-state index in [0.717, 1.165) is 6.42 Å². The number of hydrogen-bond acceptors (Lipinski definition) is 3. The predicted molar refractivity (Wildman–Crippen MR) is 63.6 cm³/mol. The Labute approximate surface area is 100.0 Å². The highest BCUT2D eigenvalue weighted by molar-refractivity contribution is 6.33. The van der Waals surface area contributed by atoms with Crippen molar-refractivity contribution in [2.75, 3.05) is 11.9 Å². The van der Waals surface area contributed by atoms with E-state index in [1.54, 1.807) is 18.3 Å². The second-order valence-corrected chi connectivity index (χ2v) is 3.82. The molecule has 1 atom stereocenters. The number of carbonyl (C=O) groups is 1. The summed E-state index contributed by atoms with van der Waals surface area (Å²) >= 11 is 5.84. The van der Waals surface area contributed by atoms with E-state index in [4.69, 9.17) is 16.3 Å². The van der Waals surface area contributed by atoms with E-state index in [9.17, 15) is 4.79 Å². The standard InChI is InChI=1S/C11H15ClN2O2/c1-3-8(2)16-7-10(15)14-11-9(12)5-4-6-13-11/h4-6,8H,3,7H2,1-2H3,(H,13,14,15)/t8-/m1/s1. The molecule has 1 aromatic rings. The number of pyridine rings is 1. The fraction of sp³-hybridized carbons (Fsp3) is 0.455. The van der Waals surface area contributed by atoms with Gasteiger partial charge >= 0.3 is 0 Å². The minimum Gasteiger partial charge on any atom is -0.369 e. The van der Waals surface area contributed by atoms with E-state index < -0.39 is 0 Å². The number of hydrogen-bond donors (Lipinski definition) is 1. The first-order chi connectivity index (χ1) is 7.63. The van der Waals surface area contributed by atoms with E-state index in [1.807, 2.05) is 13.8 Å². The molecular formula is C11H15ClN2O2. The minimum absolute atomic E-state index is 0.0158. The molecule has 5 heteroatoms. The molecule has 1 amide bonds. The summed E-state index contributed by atoms with van der Waals surface area (Å²) in [5.41, 5.74) is 0. The third kappa shape index (κ3) is 4.16. The molecule has 0 saturated carbocycles. The summed E-state index contributed by atoms with van der Waals surface area (Å²) in [6.45, 7) is 3.93. The number of halogens is 1. The van der Waals surface area contributed by atoms with Crippen LogP contribution in [-0.2, 0) is 9.53 Å². The summed E-state index contributed by atoms with van der Waals surface area (Å²) in [6, 6.07) is 3.37. The SMILES string of the molecule is CC[C@@H](C)OCC(=O)Nc1ncccc1Cl. The van der Waals surface area contributed by atoms with E-state index in [1.165, 1.54) is 0 Å². The quantitative estimate of drug-likeness (QED) is 0.863. The monoisotopic (exact) mass is 242 g/mol. The molecule has 1 N–H and O–H groups in total. The van der Waals surface area contributed by atoms with Gasteiger partial charge in [0, 0.05) is 6.20 Å². The number of amides is 1. The van der Waals surface area contributed by atoms with Gasteiger partial charge < -0.3 is 10.1 Å². The third-order valence-electron chi connectivity index (χ3n) is 2.09. The molecule has 0 bridgehead atoms. The first-order valence-electron chi connectivity index (χ1n) is 5.15. The molecule has 4 nitrogen and oxygen atoms in total. The average Bonchev–Trinajstić information content (AvgIpc) is 2.29. The Balaban J connectivity index is 2.43. The van der Waals surface area contributed by atoms with Crippen molar-refractivity contribution in [3.8, 4) is 0 Å². The number of aromatic nitrogens is 1. The first-order valence-corrected chi connectivity index (χ1v) is 5.53. The molecule has 0 saturated heterocycles. The molecule has 1 heterocycles. The summed E-state index contributed by atoms with van der Waals surface area (Å²) < 4.78 is 5.28. The van der Waals surface area contributed by atoms with Gasteiger partial charge in [-0.3, -0.25) is 4.79 Å². The lowest BCUT2D eigenvalue weighted by Gasteiger charge is -2.10. The maximum Gasteiger partial charge on any atom is 0.251 e. The Bertz CT molecular complexity index is 358. The van der Waals surface area contributed by atoms with Crippen LogP contribution in [0.2, 0.25) is 5.02 Å². The summed E-state index contributed by atoms with van der Waals surface area (Å²) in [5, 5.41) is 3.00. The lowest BCUT2D eigenvalue weighted by atomic mass is 10.3. The molecule has 88 valence electrons.